The van der Waals surface area contributed by atoms with Crippen LogP contribution >= 0.6 is 23.4 Å². The van der Waals surface area contributed by atoms with Crippen molar-refractivity contribution >= 4 is 45.8 Å². The van der Waals surface area contributed by atoms with Crippen LogP contribution in [0.4, 0.5) is 15.9 Å². The molecule has 0 saturated carbocycles. The van der Waals surface area contributed by atoms with Gasteiger partial charge in [-0.05, 0) is 79.0 Å². The second kappa shape index (κ2) is 12.5. The van der Waals surface area contributed by atoms with Gasteiger partial charge in [-0.1, -0.05) is 30.7 Å². The summed E-state index contributed by atoms with van der Waals surface area (Å²) in [4.78, 5) is 8.90. The van der Waals surface area contributed by atoms with E-state index in [0.29, 0.717) is 16.6 Å². The first-order valence-electron chi connectivity index (χ1n) is 12.5. The summed E-state index contributed by atoms with van der Waals surface area (Å²) in [5.74, 6) is 3.48. The molecular weight excluding hydrogens is 535 g/mol. The monoisotopic (exact) mass is 562 g/mol. The number of ether oxygens (including phenoxy) is 1. The largest absolute Gasteiger partial charge is 0.487 e. The summed E-state index contributed by atoms with van der Waals surface area (Å²) >= 11 is 8.28. The van der Waals surface area contributed by atoms with Crippen molar-refractivity contribution < 1.29 is 13.5 Å². The van der Waals surface area contributed by atoms with Crippen molar-refractivity contribution in [2.75, 3.05) is 23.9 Å². The predicted octanol–water partition coefficient (Wildman–Crippen LogP) is 8.02. The maximum atomic E-state index is 13.4. The van der Waals surface area contributed by atoms with Crippen LogP contribution in [0.2, 0.25) is 5.02 Å². The molecule has 0 radical (unpaired) electrons. The van der Waals surface area contributed by atoms with Gasteiger partial charge >= 0.3 is 0 Å². The summed E-state index contributed by atoms with van der Waals surface area (Å²) in [6.45, 7) is 3.17. The van der Waals surface area contributed by atoms with Crippen molar-refractivity contribution in [3.05, 3.63) is 101 Å². The van der Waals surface area contributed by atoms with Crippen LogP contribution in [0.25, 0.3) is 22.2 Å². The Morgan fingerprint density at radius 2 is 1.95 bits per heavy atom. The van der Waals surface area contributed by atoms with Gasteiger partial charge in [0.15, 0.2) is 0 Å². The molecule has 0 aliphatic carbocycles. The molecule has 6 nitrogen and oxygen atoms in total. The third-order valence-corrected chi connectivity index (χ3v) is 7.11. The van der Waals surface area contributed by atoms with Crippen molar-refractivity contribution in [2.24, 2.45) is 0 Å². The number of aromatic nitrogens is 2. The summed E-state index contributed by atoms with van der Waals surface area (Å²) in [6, 6.07) is 21.9. The topological polar surface area (TPSA) is 72.2 Å². The lowest BCUT2D eigenvalue weighted by molar-refractivity contribution is 0.306. The Bertz CT molecular complexity index is 1570. The van der Waals surface area contributed by atoms with Crippen LogP contribution in [-0.2, 0) is 6.61 Å². The van der Waals surface area contributed by atoms with Crippen molar-refractivity contribution in [1.29, 1.82) is 0 Å². The highest BCUT2D eigenvalue weighted by atomic mass is 35.5. The number of benzene rings is 3. The van der Waals surface area contributed by atoms with E-state index in [1.54, 1.807) is 36.0 Å². The molecule has 2 aromatic heterocycles. The van der Waals surface area contributed by atoms with E-state index in [9.17, 15) is 4.39 Å². The van der Waals surface area contributed by atoms with Gasteiger partial charge in [0, 0.05) is 22.4 Å². The van der Waals surface area contributed by atoms with E-state index in [-0.39, 0.29) is 18.5 Å². The number of hydrogen-bond acceptors (Lipinski definition) is 7. The number of hydrogen-bond donors (Lipinski definition) is 2. The molecule has 3 aromatic carbocycles. The molecule has 5 aromatic rings. The van der Waals surface area contributed by atoms with Gasteiger partial charge in [0.05, 0.1) is 16.6 Å². The molecule has 1 atom stereocenters. The first kappa shape index (κ1) is 27.0. The van der Waals surface area contributed by atoms with Gasteiger partial charge in [-0.3, -0.25) is 0 Å². The van der Waals surface area contributed by atoms with Gasteiger partial charge in [-0.2, -0.15) is 11.8 Å². The highest BCUT2D eigenvalue weighted by molar-refractivity contribution is 7.98. The van der Waals surface area contributed by atoms with E-state index in [1.807, 2.05) is 36.4 Å². The lowest BCUT2D eigenvalue weighted by Crippen LogP contribution is -2.22. The number of halogens is 2. The third-order valence-electron chi connectivity index (χ3n) is 6.15. The van der Waals surface area contributed by atoms with Crippen LogP contribution < -0.4 is 15.4 Å². The van der Waals surface area contributed by atoms with Gasteiger partial charge in [-0.25, -0.2) is 14.4 Å². The standard InChI is InChI=1S/C30H28ClFN4O2S/c1-3-33-26(17-39-2)29-12-11-27(38-29)20-7-9-25-23(14-20)30(35-18-34-25)36-22-8-10-28(24(31)15-22)37-16-19-5-4-6-21(32)13-19/h4-15,18,26,33H,3,16-17H2,1-2H3,(H,34,35,36)/t26-/m0/s1. The Morgan fingerprint density at radius 3 is 2.74 bits per heavy atom. The predicted molar refractivity (Wildman–Crippen MR) is 158 cm³/mol. The SMILES string of the molecule is CCN[C@@H](CSC)c1ccc(-c2ccc3ncnc(Nc4ccc(OCc5cccc(F)c5)c(Cl)c4)c3c2)o1. The zero-order valence-corrected chi connectivity index (χ0v) is 23.2. The van der Waals surface area contributed by atoms with Gasteiger partial charge in [0.2, 0.25) is 0 Å². The molecule has 5 rings (SSSR count). The molecule has 0 saturated heterocycles. The van der Waals surface area contributed by atoms with Gasteiger partial charge < -0.3 is 19.8 Å². The Balaban J connectivity index is 1.36. The van der Waals surface area contributed by atoms with Crippen LogP contribution in [0.15, 0.2) is 83.5 Å². The van der Waals surface area contributed by atoms with Crippen molar-refractivity contribution in [1.82, 2.24) is 15.3 Å². The number of rotatable bonds is 11. The van der Waals surface area contributed by atoms with Crippen LogP contribution in [0.5, 0.6) is 5.75 Å². The maximum absolute atomic E-state index is 13.4. The van der Waals surface area contributed by atoms with Crippen LogP contribution in [0.3, 0.4) is 0 Å². The highest BCUT2D eigenvalue weighted by Crippen LogP contribution is 2.33. The zero-order valence-electron chi connectivity index (χ0n) is 21.6. The fourth-order valence-corrected chi connectivity index (χ4v) is 5.13. The maximum Gasteiger partial charge on any atom is 0.141 e. The molecule has 200 valence electrons. The molecule has 0 aliphatic rings. The average molecular weight is 563 g/mol. The quantitative estimate of drug-likeness (QED) is 0.169. The second-order valence-corrected chi connectivity index (χ2v) is 10.2. The van der Waals surface area contributed by atoms with Crippen LogP contribution in [-0.4, -0.2) is 28.5 Å². The molecule has 0 aliphatic heterocycles. The van der Waals surface area contributed by atoms with E-state index >= 15 is 0 Å². The Kier molecular flexibility index (Phi) is 8.66. The summed E-state index contributed by atoms with van der Waals surface area (Å²) in [6.07, 6.45) is 3.61. The van der Waals surface area contributed by atoms with Gasteiger partial charge in [0.1, 0.15) is 41.8 Å². The summed E-state index contributed by atoms with van der Waals surface area (Å²) in [7, 11) is 0. The molecule has 2 heterocycles. The molecule has 0 unspecified atom stereocenters. The molecular formula is C30H28ClFN4O2S. The summed E-state index contributed by atoms with van der Waals surface area (Å²) in [5, 5.41) is 8.11. The van der Waals surface area contributed by atoms with Crippen molar-refractivity contribution in [3.8, 4) is 17.1 Å². The van der Waals surface area contributed by atoms with Gasteiger partial charge in [0.25, 0.3) is 0 Å². The highest BCUT2D eigenvalue weighted by Gasteiger charge is 2.16. The summed E-state index contributed by atoms with van der Waals surface area (Å²) < 4.78 is 25.5. The van der Waals surface area contributed by atoms with Crippen LogP contribution in [0.1, 0.15) is 24.3 Å². The normalized spacial score (nSPS) is 12.0. The van der Waals surface area contributed by atoms with E-state index in [0.717, 1.165) is 51.5 Å². The molecule has 0 spiro atoms. The van der Waals surface area contributed by atoms with Crippen molar-refractivity contribution in [2.45, 2.75) is 19.6 Å². The molecule has 2 N–H and O–H groups in total. The minimum atomic E-state index is -0.303. The lowest BCUT2D eigenvalue weighted by atomic mass is 10.1. The van der Waals surface area contributed by atoms with Crippen LogP contribution in [0, 0.1) is 5.82 Å². The first-order valence-corrected chi connectivity index (χ1v) is 14.3. The van der Waals surface area contributed by atoms with Gasteiger partial charge in [-0.15, -0.1) is 0 Å². The third kappa shape index (κ3) is 6.53. The fraction of sp³-hybridized carbons (Fsp3) is 0.200. The number of thioether (sulfide) groups is 1. The molecule has 0 amide bonds. The second-order valence-electron chi connectivity index (χ2n) is 8.91. The lowest BCUT2D eigenvalue weighted by Gasteiger charge is -2.14. The Labute approximate surface area is 236 Å². The Hall–Kier alpha value is -3.59. The summed E-state index contributed by atoms with van der Waals surface area (Å²) in [5.41, 5.74) is 3.21. The van der Waals surface area contributed by atoms with E-state index in [2.05, 4.69) is 33.8 Å². The number of fused-ring (bicyclic) bond motifs is 1. The smallest absolute Gasteiger partial charge is 0.141 e. The molecule has 9 heteroatoms. The van der Waals surface area contributed by atoms with E-state index in [1.165, 1.54) is 18.5 Å². The minimum Gasteiger partial charge on any atom is -0.487 e. The number of nitrogens with one attached hydrogen (secondary N) is 2. The minimum absolute atomic E-state index is 0.158. The molecule has 0 fully saturated rings. The number of anilines is 2. The van der Waals surface area contributed by atoms with E-state index in [4.69, 9.17) is 20.8 Å². The van der Waals surface area contributed by atoms with Crippen molar-refractivity contribution in [3.63, 3.8) is 0 Å². The first-order chi connectivity index (χ1) is 19.0. The molecule has 0 bridgehead atoms. The zero-order chi connectivity index (χ0) is 27.2. The molecule has 39 heavy (non-hydrogen) atoms. The number of furan rings is 1. The Morgan fingerprint density at radius 1 is 1.05 bits per heavy atom. The fourth-order valence-electron chi connectivity index (χ4n) is 4.28. The van der Waals surface area contributed by atoms with E-state index < -0.39 is 0 Å². The average Bonchev–Trinajstić information content (AvgIpc) is 3.43. The number of nitrogens with zero attached hydrogens (tertiary/aromatic N) is 2.